The third-order valence-corrected chi connectivity index (χ3v) is 4.40. The number of hydrogen-bond donors (Lipinski definition) is 0. The number of esters is 1. The van der Waals surface area contributed by atoms with Crippen LogP contribution < -0.4 is 0 Å². The lowest BCUT2D eigenvalue weighted by molar-refractivity contribution is -0.138. The van der Waals surface area contributed by atoms with Crippen LogP contribution in [0.25, 0.3) is 0 Å². The van der Waals surface area contributed by atoms with Gasteiger partial charge in [-0.15, -0.1) is 0 Å². The number of ether oxygens (including phenoxy) is 2. The van der Waals surface area contributed by atoms with E-state index in [0.717, 1.165) is 0 Å². The van der Waals surface area contributed by atoms with Gasteiger partial charge in [0.2, 0.25) is 5.78 Å². The molecule has 6 heteroatoms. The van der Waals surface area contributed by atoms with Crippen molar-refractivity contribution in [1.82, 2.24) is 0 Å². The van der Waals surface area contributed by atoms with Crippen molar-refractivity contribution in [1.29, 1.82) is 0 Å². The molecule has 0 radical (unpaired) electrons. The molecule has 0 bridgehead atoms. The fourth-order valence-corrected chi connectivity index (χ4v) is 3.23. The van der Waals surface area contributed by atoms with Crippen molar-refractivity contribution in [2.75, 3.05) is 6.61 Å². The van der Waals surface area contributed by atoms with Gasteiger partial charge in [0.1, 0.15) is 5.76 Å². The number of carbonyl (C=O) groups is 2. The van der Waals surface area contributed by atoms with Gasteiger partial charge in [-0.05, 0) is 37.6 Å². The molecule has 1 aliphatic rings. The first-order valence-electron chi connectivity index (χ1n) is 7.91. The number of furan rings is 1. The highest BCUT2D eigenvalue weighted by molar-refractivity contribution is 6.31. The van der Waals surface area contributed by atoms with E-state index in [-0.39, 0.29) is 18.2 Å². The first-order valence-corrected chi connectivity index (χ1v) is 8.29. The fraction of sp³-hybridized carbons (Fsp3) is 0.263. The molecule has 25 heavy (non-hydrogen) atoms. The van der Waals surface area contributed by atoms with E-state index in [1.165, 1.54) is 6.26 Å². The summed E-state index contributed by atoms with van der Waals surface area (Å²) in [6.07, 6.45) is 0.477. The average molecular weight is 361 g/mol. The zero-order chi connectivity index (χ0) is 18.0. The zero-order valence-electron chi connectivity index (χ0n) is 13.8. The van der Waals surface area contributed by atoms with Gasteiger partial charge in [-0.3, -0.25) is 4.79 Å². The quantitative estimate of drug-likeness (QED) is 0.592. The Labute approximate surface area is 150 Å². The van der Waals surface area contributed by atoms with Crippen molar-refractivity contribution in [3.63, 3.8) is 0 Å². The molecule has 1 aromatic heterocycles. The Morgan fingerprint density at radius 2 is 1.96 bits per heavy atom. The maximum atomic E-state index is 12.8. The minimum absolute atomic E-state index is 0.167. The lowest BCUT2D eigenvalue weighted by Crippen LogP contribution is -2.29. The number of carbonyl (C=O) groups excluding carboxylic acids is 2. The van der Waals surface area contributed by atoms with Gasteiger partial charge in [-0.1, -0.05) is 29.8 Å². The van der Waals surface area contributed by atoms with Gasteiger partial charge in [0.15, 0.2) is 11.9 Å². The van der Waals surface area contributed by atoms with Gasteiger partial charge >= 0.3 is 5.97 Å². The maximum Gasteiger partial charge on any atom is 0.338 e. The SMILES string of the molecule is CCOC(=O)C1=C(C)O[C@@H](C(=O)c2ccco2)[C@@H]1c1ccccc1Cl. The van der Waals surface area contributed by atoms with Crippen LogP contribution in [0.15, 0.2) is 58.4 Å². The minimum atomic E-state index is -0.939. The first kappa shape index (κ1) is 17.3. The summed E-state index contributed by atoms with van der Waals surface area (Å²) in [5.74, 6) is -1.01. The third kappa shape index (κ3) is 3.20. The molecule has 1 aromatic carbocycles. The van der Waals surface area contributed by atoms with Gasteiger partial charge in [0.25, 0.3) is 0 Å². The monoisotopic (exact) mass is 360 g/mol. The van der Waals surface area contributed by atoms with Crippen LogP contribution in [0.3, 0.4) is 0 Å². The van der Waals surface area contributed by atoms with Crippen LogP contribution in [0.1, 0.15) is 35.9 Å². The van der Waals surface area contributed by atoms with Crippen molar-refractivity contribution >= 4 is 23.4 Å². The Morgan fingerprint density at radius 1 is 1.20 bits per heavy atom. The molecule has 0 unspecified atom stereocenters. The highest BCUT2D eigenvalue weighted by Gasteiger charge is 2.46. The number of allylic oxidation sites excluding steroid dienone is 1. The molecule has 2 heterocycles. The largest absolute Gasteiger partial charge is 0.485 e. The number of halogens is 1. The molecular formula is C19H17ClO5. The van der Waals surface area contributed by atoms with Crippen LogP contribution >= 0.6 is 11.6 Å². The molecule has 0 aliphatic carbocycles. The van der Waals surface area contributed by atoms with Crippen LogP contribution in [0.5, 0.6) is 0 Å². The first-order chi connectivity index (χ1) is 12.0. The maximum absolute atomic E-state index is 12.8. The summed E-state index contributed by atoms with van der Waals surface area (Å²) in [5, 5.41) is 0.449. The average Bonchev–Trinajstić information content (AvgIpc) is 3.23. The summed E-state index contributed by atoms with van der Waals surface area (Å²) in [6, 6.07) is 10.3. The molecule has 5 nitrogen and oxygen atoms in total. The zero-order valence-corrected chi connectivity index (χ0v) is 14.6. The number of hydrogen-bond acceptors (Lipinski definition) is 5. The lowest BCUT2D eigenvalue weighted by atomic mass is 9.85. The predicted octanol–water partition coefficient (Wildman–Crippen LogP) is 4.14. The highest BCUT2D eigenvalue weighted by atomic mass is 35.5. The predicted molar refractivity (Wildman–Crippen MR) is 91.4 cm³/mol. The molecule has 0 saturated heterocycles. The van der Waals surface area contributed by atoms with Crippen LogP contribution in [-0.4, -0.2) is 24.5 Å². The molecule has 2 atom stereocenters. The summed E-state index contributed by atoms with van der Waals surface area (Å²) >= 11 is 6.33. The number of benzene rings is 1. The summed E-state index contributed by atoms with van der Waals surface area (Å²) in [7, 11) is 0. The smallest absolute Gasteiger partial charge is 0.338 e. The van der Waals surface area contributed by atoms with E-state index in [2.05, 4.69) is 0 Å². The molecule has 3 rings (SSSR count). The Kier molecular flexibility index (Phi) is 4.95. The van der Waals surface area contributed by atoms with Crippen molar-refractivity contribution in [3.8, 4) is 0 Å². The van der Waals surface area contributed by atoms with Gasteiger partial charge in [0, 0.05) is 5.02 Å². The highest BCUT2D eigenvalue weighted by Crippen LogP contribution is 2.43. The Bertz CT molecular complexity index is 822. The molecular weight excluding hydrogens is 344 g/mol. The summed E-state index contributed by atoms with van der Waals surface area (Å²) < 4.78 is 16.1. The molecule has 0 spiro atoms. The summed E-state index contributed by atoms with van der Waals surface area (Å²) in [6.45, 7) is 3.59. The normalized spacial score (nSPS) is 19.6. The second-order valence-corrected chi connectivity index (χ2v) is 5.98. The van der Waals surface area contributed by atoms with Crippen LogP contribution in [0.4, 0.5) is 0 Å². The van der Waals surface area contributed by atoms with Crippen molar-refractivity contribution in [2.45, 2.75) is 25.9 Å². The minimum Gasteiger partial charge on any atom is -0.485 e. The second kappa shape index (κ2) is 7.15. The molecule has 0 N–H and O–H groups in total. The van der Waals surface area contributed by atoms with Crippen molar-refractivity contribution in [3.05, 3.63) is 70.3 Å². The van der Waals surface area contributed by atoms with E-state index in [4.69, 9.17) is 25.5 Å². The molecule has 0 fully saturated rings. The molecule has 130 valence electrons. The topological polar surface area (TPSA) is 65.7 Å². The fourth-order valence-electron chi connectivity index (χ4n) is 2.98. The molecule has 2 aromatic rings. The van der Waals surface area contributed by atoms with Gasteiger partial charge in [0.05, 0.1) is 24.4 Å². The van der Waals surface area contributed by atoms with Gasteiger partial charge in [-0.25, -0.2) is 4.79 Å². The van der Waals surface area contributed by atoms with E-state index in [1.807, 2.05) is 0 Å². The van der Waals surface area contributed by atoms with Crippen LogP contribution in [0.2, 0.25) is 5.02 Å². The van der Waals surface area contributed by atoms with E-state index in [0.29, 0.717) is 21.9 Å². The van der Waals surface area contributed by atoms with Crippen LogP contribution in [0, 0.1) is 0 Å². The second-order valence-electron chi connectivity index (χ2n) is 5.57. The van der Waals surface area contributed by atoms with Gasteiger partial charge < -0.3 is 13.9 Å². The Morgan fingerprint density at radius 3 is 2.60 bits per heavy atom. The van der Waals surface area contributed by atoms with Gasteiger partial charge in [-0.2, -0.15) is 0 Å². The molecule has 1 aliphatic heterocycles. The number of ketones is 1. The lowest BCUT2D eigenvalue weighted by Gasteiger charge is -2.20. The van der Waals surface area contributed by atoms with E-state index in [1.54, 1.807) is 50.2 Å². The van der Waals surface area contributed by atoms with Crippen molar-refractivity contribution in [2.24, 2.45) is 0 Å². The van der Waals surface area contributed by atoms with E-state index < -0.39 is 18.0 Å². The van der Waals surface area contributed by atoms with E-state index >= 15 is 0 Å². The van der Waals surface area contributed by atoms with E-state index in [9.17, 15) is 9.59 Å². The third-order valence-electron chi connectivity index (χ3n) is 4.05. The Hall–Kier alpha value is -2.53. The van der Waals surface area contributed by atoms with Crippen molar-refractivity contribution < 1.29 is 23.5 Å². The summed E-state index contributed by atoms with van der Waals surface area (Å²) in [5.41, 5.74) is 0.939. The number of Topliss-reactive ketones (excluding diaryl/α,β-unsaturated/α-hetero) is 1. The Balaban J connectivity index is 2.07. The standard InChI is InChI=1S/C19H17ClO5/c1-3-23-19(22)15-11(2)25-18(17(21)14-9-6-10-24-14)16(15)12-7-4-5-8-13(12)20/h4-10,16,18H,3H2,1-2H3/t16-,18-/m1/s1. The summed E-state index contributed by atoms with van der Waals surface area (Å²) in [4.78, 5) is 25.3. The number of rotatable bonds is 5. The van der Waals surface area contributed by atoms with Crippen LogP contribution in [-0.2, 0) is 14.3 Å². The molecule has 0 saturated carbocycles. The molecule has 0 amide bonds.